The summed E-state index contributed by atoms with van der Waals surface area (Å²) in [5.74, 6) is 1.42. The van der Waals surface area contributed by atoms with Crippen LogP contribution in [0.5, 0.6) is 0 Å². The van der Waals surface area contributed by atoms with E-state index in [-0.39, 0.29) is 11.6 Å². The average Bonchev–Trinajstić information content (AvgIpc) is 3.70. The zero-order chi connectivity index (χ0) is 26.9. The van der Waals surface area contributed by atoms with Crippen molar-refractivity contribution < 1.29 is 4.42 Å². The molecule has 0 unspecified atom stereocenters. The number of furan rings is 1. The number of fused-ring (bicyclic) bond motifs is 1. The molecule has 1 aliphatic rings. The standard InChI is InChI=1S/C30H31ClN6O2/c1-19-14-22-16-25(30(38)32-27(22)15-20(19)2)28(29-33-34-35-37(29)23-9-4-5-10-23)36(18-24-11-7-13-39-24)17-21-8-3-6-12-26(21)31/h3,6-8,11-16,23,28H,4-5,9-10,17-18H2,1-2H3,(H,32,38)/t28-/m1/s1. The first kappa shape index (κ1) is 25.5. The van der Waals surface area contributed by atoms with Crippen LogP contribution in [-0.2, 0) is 13.1 Å². The number of nitrogens with zero attached hydrogens (tertiary/aromatic N) is 5. The average molecular weight is 543 g/mol. The van der Waals surface area contributed by atoms with Crippen LogP contribution in [-0.4, -0.2) is 30.1 Å². The van der Waals surface area contributed by atoms with Gasteiger partial charge in [0.15, 0.2) is 5.82 Å². The van der Waals surface area contributed by atoms with E-state index >= 15 is 0 Å². The summed E-state index contributed by atoms with van der Waals surface area (Å²) in [7, 11) is 0. The number of H-pyrrole nitrogens is 1. The highest BCUT2D eigenvalue weighted by atomic mass is 35.5. The number of tetrazole rings is 1. The number of hydrogen-bond donors (Lipinski definition) is 1. The minimum absolute atomic E-state index is 0.166. The maximum Gasteiger partial charge on any atom is 0.253 e. The Morgan fingerprint density at radius 3 is 2.64 bits per heavy atom. The molecule has 9 heteroatoms. The number of nitrogens with one attached hydrogen (secondary N) is 1. The lowest BCUT2D eigenvalue weighted by atomic mass is 9.99. The number of hydrogen-bond acceptors (Lipinski definition) is 6. The van der Waals surface area contributed by atoms with Gasteiger partial charge < -0.3 is 9.40 Å². The van der Waals surface area contributed by atoms with Crippen LogP contribution in [0.15, 0.2) is 70.1 Å². The van der Waals surface area contributed by atoms with E-state index in [1.807, 2.05) is 60.1 Å². The lowest BCUT2D eigenvalue weighted by molar-refractivity contribution is 0.176. The van der Waals surface area contributed by atoms with E-state index in [2.05, 4.69) is 38.4 Å². The van der Waals surface area contributed by atoms with Gasteiger partial charge >= 0.3 is 0 Å². The Hall–Kier alpha value is -3.75. The topological polar surface area (TPSA) is 92.8 Å². The minimum atomic E-state index is -0.545. The van der Waals surface area contributed by atoms with Crippen molar-refractivity contribution >= 4 is 22.5 Å². The summed E-state index contributed by atoms with van der Waals surface area (Å²) in [5, 5.41) is 14.7. The molecule has 0 amide bonds. The summed E-state index contributed by atoms with van der Waals surface area (Å²) in [6, 6.07) is 17.4. The Balaban J connectivity index is 1.55. The smallest absolute Gasteiger partial charge is 0.253 e. The summed E-state index contributed by atoms with van der Waals surface area (Å²) in [6.07, 6.45) is 5.97. The third-order valence-electron chi connectivity index (χ3n) is 7.85. The molecule has 0 aliphatic heterocycles. The van der Waals surface area contributed by atoms with Gasteiger partial charge in [0.05, 0.1) is 18.8 Å². The van der Waals surface area contributed by atoms with Crippen LogP contribution in [0, 0.1) is 13.8 Å². The van der Waals surface area contributed by atoms with Crippen molar-refractivity contribution in [3.05, 3.63) is 110 Å². The van der Waals surface area contributed by atoms with Crippen molar-refractivity contribution in [1.82, 2.24) is 30.1 Å². The van der Waals surface area contributed by atoms with Crippen molar-refractivity contribution in [3.8, 4) is 0 Å². The third-order valence-corrected chi connectivity index (χ3v) is 8.22. The molecule has 39 heavy (non-hydrogen) atoms. The predicted molar refractivity (Wildman–Crippen MR) is 151 cm³/mol. The number of rotatable bonds is 8. The Bertz CT molecular complexity index is 1650. The summed E-state index contributed by atoms with van der Waals surface area (Å²) >= 11 is 6.64. The van der Waals surface area contributed by atoms with Crippen LogP contribution < -0.4 is 5.56 Å². The molecule has 3 aromatic heterocycles. The Morgan fingerprint density at radius 2 is 1.87 bits per heavy atom. The SMILES string of the molecule is Cc1cc2cc([C@H](c3nnnn3C3CCCC3)N(Cc3ccco3)Cc3ccccc3Cl)c(=O)[nH]c2cc1C. The summed E-state index contributed by atoms with van der Waals surface area (Å²) in [4.78, 5) is 19.1. The number of aromatic nitrogens is 5. The second-order valence-corrected chi connectivity index (χ2v) is 10.9. The van der Waals surface area contributed by atoms with E-state index in [4.69, 9.17) is 16.0 Å². The van der Waals surface area contributed by atoms with Crippen LogP contribution in [0.1, 0.15) is 71.6 Å². The third kappa shape index (κ3) is 5.14. The van der Waals surface area contributed by atoms with Crippen LogP contribution in [0.2, 0.25) is 5.02 Å². The van der Waals surface area contributed by atoms with E-state index in [0.717, 1.165) is 59.0 Å². The quantitative estimate of drug-likeness (QED) is 0.248. The maximum absolute atomic E-state index is 13.8. The van der Waals surface area contributed by atoms with Gasteiger partial charge in [0, 0.05) is 22.6 Å². The highest BCUT2D eigenvalue weighted by Crippen LogP contribution is 2.36. The zero-order valence-electron chi connectivity index (χ0n) is 22.1. The normalized spacial score (nSPS) is 15.0. The number of aryl methyl sites for hydroxylation is 2. The molecular weight excluding hydrogens is 512 g/mol. The lowest BCUT2D eigenvalue weighted by Gasteiger charge is -2.31. The van der Waals surface area contributed by atoms with Crippen molar-refractivity contribution in [2.24, 2.45) is 0 Å². The fourth-order valence-corrected chi connectivity index (χ4v) is 5.87. The molecule has 0 saturated heterocycles. The van der Waals surface area contributed by atoms with E-state index in [1.54, 1.807) is 6.26 Å². The molecule has 5 aromatic rings. The number of halogens is 1. The predicted octanol–water partition coefficient (Wildman–Crippen LogP) is 6.28. The Morgan fingerprint density at radius 1 is 1.08 bits per heavy atom. The minimum Gasteiger partial charge on any atom is -0.468 e. The van der Waals surface area contributed by atoms with Crippen molar-refractivity contribution in [2.45, 2.75) is 64.7 Å². The monoisotopic (exact) mass is 542 g/mol. The summed E-state index contributed by atoms with van der Waals surface area (Å²) < 4.78 is 7.71. The van der Waals surface area contributed by atoms with Crippen molar-refractivity contribution in [3.63, 3.8) is 0 Å². The summed E-state index contributed by atoms with van der Waals surface area (Å²) in [6.45, 7) is 5.03. The van der Waals surface area contributed by atoms with E-state index in [9.17, 15) is 4.79 Å². The van der Waals surface area contributed by atoms with Gasteiger partial charge in [-0.1, -0.05) is 42.6 Å². The molecule has 1 saturated carbocycles. The lowest BCUT2D eigenvalue weighted by Crippen LogP contribution is -2.35. The van der Waals surface area contributed by atoms with Gasteiger partial charge in [-0.3, -0.25) is 9.69 Å². The molecule has 200 valence electrons. The molecule has 2 aromatic carbocycles. The maximum atomic E-state index is 13.8. The van der Waals surface area contributed by atoms with Gasteiger partial charge in [0.2, 0.25) is 0 Å². The fourth-order valence-electron chi connectivity index (χ4n) is 5.67. The van der Waals surface area contributed by atoms with Gasteiger partial charge in [-0.15, -0.1) is 5.10 Å². The molecule has 8 nitrogen and oxygen atoms in total. The largest absolute Gasteiger partial charge is 0.468 e. The van der Waals surface area contributed by atoms with Gasteiger partial charge in [0.25, 0.3) is 5.56 Å². The van der Waals surface area contributed by atoms with Crippen molar-refractivity contribution in [2.75, 3.05) is 0 Å². The van der Waals surface area contributed by atoms with E-state index in [0.29, 0.717) is 29.5 Å². The molecule has 1 aliphatic carbocycles. The molecule has 0 radical (unpaired) electrons. The first-order chi connectivity index (χ1) is 19.0. The molecule has 0 spiro atoms. The second-order valence-electron chi connectivity index (χ2n) is 10.5. The zero-order valence-corrected chi connectivity index (χ0v) is 22.9. The highest BCUT2D eigenvalue weighted by Gasteiger charge is 2.34. The number of benzene rings is 2. The first-order valence-electron chi connectivity index (χ1n) is 13.4. The first-order valence-corrected chi connectivity index (χ1v) is 13.8. The Kier molecular flexibility index (Phi) is 7.06. The van der Waals surface area contributed by atoms with Crippen LogP contribution in [0.25, 0.3) is 10.9 Å². The molecular formula is C30H31ClN6O2. The van der Waals surface area contributed by atoms with Gasteiger partial charge in [-0.25, -0.2) is 4.68 Å². The number of aromatic amines is 1. The highest BCUT2D eigenvalue weighted by molar-refractivity contribution is 6.31. The van der Waals surface area contributed by atoms with Gasteiger partial charge in [-0.05, 0) is 95.6 Å². The van der Waals surface area contributed by atoms with Crippen molar-refractivity contribution in [1.29, 1.82) is 0 Å². The van der Waals surface area contributed by atoms with Crippen LogP contribution in [0.4, 0.5) is 0 Å². The fraction of sp³-hybridized carbons (Fsp3) is 0.333. The van der Waals surface area contributed by atoms with E-state index < -0.39 is 6.04 Å². The summed E-state index contributed by atoms with van der Waals surface area (Å²) in [5.41, 5.74) is 4.46. The van der Waals surface area contributed by atoms with Crippen LogP contribution in [0.3, 0.4) is 0 Å². The molecule has 0 bridgehead atoms. The van der Waals surface area contributed by atoms with Gasteiger partial charge in [0.1, 0.15) is 11.8 Å². The molecule has 1 fully saturated rings. The van der Waals surface area contributed by atoms with Crippen LogP contribution >= 0.6 is 11.6 Å². The van der Waals surface area contributed by atoms with E-state index in [1.165, 1.54) is 0 Å². The molecule has 6 rings (SSSR count). The molecule has 1 N–H and O–H groups in total. The molecule has 3 heterocycles. The molecule has 1 atom stereocenters. The van der Waals surface area contributed by atoms with Gasteiger partial charge in [-0.2, -0.15) is 0 Å². The second kappa shape index (κ2) is 10.8. The Labute approximate surface area is 231 Å². The number of pyridine rings is 1.